The quantitative estimate of drug-likeness (QED) is 0.481. The van der Waals surface area contributed by atoms with Crippen LogP contribution in [0.2, 0.25) is 0 Å². The molecule has 1 heterocycles. The molecule has 0 fully saturated rings. The third-order valence-electron chi connectivity index (χ3n) is 2.43. The van der Waals surface area contributed by atoms with Gasteiger partial charge in [-0.25, -0.2) is 4.73 Å². The maximum absolute atomic E-state index is 12.1. The number of halogens is 4. The molecule has 0 aliphatic carbocycles. The normalized spacial score (nSPS) is 12.0. The molecule has 0 unspecified atom stereocenters. The Morgan fingerprint density at radius 2 is 1.89 bits per heavy atom. The van der Waals surface area contributed by atoms with E-state index in [1.165, 1.54) is 0 Å². The maximum Gasteiger partial charge on any atom is 0.317 e. The van der Waals surface area contributed by atoms with Crippen molar-refractivity contribution >= 4 is 57.3 Å². The Labute approximate surface area is 124 Å². The molecular formula is C11H8Cl4N2O. The zero-order valence-corrected chi connectivity index (χ0v) is 12.1. The SMILES string of the molecule is [O-][n+]1c(CCl)nc2ccccc2c1CC(Cl)(Cl)Cl. The van der Waals surface area contributed by atoms with Crippen LogP contribution in [0, 0.1) is 5.21 Å². The summed E-state index contributed by atoms with van der Waals surface area (Å²) in [6.07, 6.45) is -0.00586. The minimum Gasteiger partial charge on any atom is -0.710 e. The predicted octanol–water partition coefficient (Wildman–Crippen LogP) is 3.52. The second-order valence-corrected chi connectivity index (χ2v) is 6.50. The van der Waals surface area contributed by atoms with Crippen molar-refractivity contribution in [3.8, 4) is 0 Å². The number of nitrogens with zero attached hydrogens (tertiary/aromatic N) is 2. The largest absolute Gasteiger partial charge is 0.710 e. The Morgan fingerprint density at radius 3 is 2.50 bits per heavy atom. The zero-order valence-electron chi connectivity index (χ0n) is 9.04. The molecule has 18 heavy (non-hydrogen) atoms. The molecule has 0 radical (unpaired) electrons. The Bertz CT molecular complexity index is 583. The van der Waals surface area contributed by atoms with Crippen LogP contribution in [0.5, 0.6) is 0 Å². The Balaban J connectivity index is 2.70. The Morgan fingerprint density at radius 1 is 1.22 bits per heavy atom. The van der Waals surface area contributed by atoms with Crippen molar-refractivity contribution in [3.05, 3.63) is 41.0 Å². The van der Waals surface area contributed by atoms with Crippen LogP contribution in [0.1, 0.15) is 11.5 Å². The molecule has 0 N–H and O–H groups in total. The van der Waals surface area contributed by atoms with Crippen molar-refractivity contribution in [2.75, 3.05) is 0 Å². The lowest BCUT2D eigenvalue weighted by atomic mass is 10.1. The first-order valence-corrected chi connectivity index (χ1v) is 6.72. The van der Waals surface area contributed by atoms with Crippen molar-refractivity contribution in [1.82, 2.24) is 4.98 Å². The molecule has 2 rings (SSSR count). The summed E-state index contributed by atoms with van der Waals surface area (Å²) >= 11 is 23.0. The van der Waals surface area contributed by atoms with Gasteiger partial charge in [0.05, 0.1) is 11.8 Å². The van der Waals surface area contributed by atoms with Crippen molar-refractivity contribution in [2.24, 2.45) is 0 Å². The lowest BCUT2D eigenvalue weighted by molar-refractivity contribution is -0.623. The van der Waals surface area contributed by atoms with Gasteiger partial charge < -0.3 is 5.21 Å². The van der Waals surface area contributed by atoms with Gasteiger partial charge in [0.2, 0.25) is 0 Å². The van der Waals surface area contributed by atoms with E-state index in [9.17, 15) is 5.21 Å². The number of alkyl halides is 4. The summed E-state index contributed by atoms with van der Waals surface area (Å²) in [5, 5.41) is 12.7. The van der Waals surface area contributed by atoms with Crippen LogP contribution in [0.25, 0.3) is 10.9 Å². The fourth-order valence-electron chi connectivity index (χ4n) is 1.71. The number of aromatic nitrogens is 2. The monoisotopic (exact) mass is 324 g/mol. The molecule has 3 nitrogen and oxygen atoms in total. The van der Waals surface area contributed by atoms with Crippen LogP contribution in [0.3, 0.4) is 0 Å². The van der Waals surface area contributed by atoms with E-state index in [1.807, 2.05) is 6.07 Å². The summed E-state index contributed by atoms with van der Waals surface area (Å²) in [5.74, 6) is 0.195. The third kappa shape index (κ3) is 2.91. The van der Waals surface area contributed by atoms with Crippen LogP contribution in [-0.2, 0) is 12.3 Å². The number of hydrogen-bond acceptors (Lipinski definition) is 2. The molecule has 0 amide bonds. The minimum absolute atomic E-state index is 0.00118. The van der Waals surface area contributed by atoms with Crippen LogP contribution < -0.4 is 4.73 Å². The Kier molecular flexibility index (Phi) is 4.07. The lowest BCUT2D eigenvalue weighted by Gasteiger charge is -2.16. The molecule has 0 bridgehead atoms. The highest BCUT2D eigenvalue weighted by Crippen LogP contribution is 2.31. The standard InChI is InChI=1S/C11H8Cl4N2O/c12-6-10-16-8-4-2-1-3-7(8)9(17(10)18)5-11(13,14)15/h1-4H,5-6H2. The summed E-state index contributed by atoms with van der Waals surface area (Å²) in [6, 6.07) is 7.17. The molecule has 0 saturated heterocycles. The van der Waals surface area contributed by atoms with Gasteiger partial charge in [0.1, 0.15) is 11.6 Å². The summed E-state index contributed by atoms with van der Waals surface area (Å²) in [4.78, 5) is 4.17. The highest BCUT2D eigenvalue weighted by Gasteiger charge is 2.27. The van der Waals surface area contributed by atoms with Gasteiger partial charge in [0, 0.05) is 0 Å². The van der Waals surface area contributed by atoms with E-state index < -0.39 is 3.79 Å². The van der Waals surface area contributed by atoms with Crippen LogP contribution >= 0.6 is 46.4 Å². The summed E-state index contributed by atoms with van der Waals surface area (Å²) in [6.45, 7) is 0. The molecule has 1 aromatic carbocycles. The molecule has 0 spiro atoms. The van der Waals surface area contributed by atoms with E-state index in [-0.39, 0.29) is 18.1 Å². The first-order valence-electron chi connectivity index (χ1n) is 5.05. The molecule has 96 valence electrons. The molecule has 0 aliphatic heterocycles. The van der Waals surface area contributed by atoms with Gasteiger partial charge in [-0.2, -0.15) is 0 Å². The van der Waals surface area contributed by atoms with Gasteiger partial charge in [0.15, 0.2) is 9.31 Å². The fourth-order valence-corrected chi connectivity index (χ4v) is 2.25. The number of fused-ring (bicyclic) bond motifs is 1. The van der Waals surface area contributed by atoms with Crippen LogP contribution in [-0.4, -0.2) is 8.78 Å². The average molecular weight is 326 g/mol. The smallest absolute Gasteiger partial charge is 0.317 e. The second kappa shape index (κ2) is 5.25. The first-order chi connectivity index (χ1) is 8.42. The molecule has 0 aliphatic rings. The van der Waals surface area contributed by atoms with Gasteiger partial charge in [-0.05, 0) is 17.1 Å². The van der Waals surface area contributed by atoms with E-state index in [4.69, 9.17) is 46.4 Å². The van der Waals surface area contributed by atoms with Gasteiger partial charge >= 0.3 is 5.82 Å². The maximum atomic E-state index is 12.1. The van der Waals surface area contributed by atoms with Gasteiger partial charge in [-0.3, -0.25) is 0 Å². The van der Waals surface area contributed by atoms with Crippen molar-refractivity contribution in [3.63, 3.8) is 0 Å². The average Bonchev–Trinajstić information content (AvgIpc) is 2.31. The van der Waals surface area contributed by atoms with Crippen molar-refractivity contribution < 1.29 is 4.73 Å². The van der Waals surface area contributed by atoms with E-state index >= 15 is 0 Å². The van der Waals surface area contributed by atoms with E-state index in [0.717, 1.165) is 0 Å². The van der Waals surface area contributed by atoms with Gasteiger partial charge in [-0.1, -0.05) is 46.9 Å². The molecular weight excluding hydrogens is 318 g/mol. The lowest BCUT2D eigenvalue weighted by Crippen LogP contribution is -2.39. The summed E-state index contributed by atoms with van der Waals surface area (Å²) in [5.41, 5.74) is 1.01. The van der Waals surface area contributed by atoms with Crippen LogP contribution in [0.4, 0.5) is 0 Å². The Hall–Kier alpha value is -0.480. The van der Waals surface area contributed by atoms with Crippen LogP contribution in [0.15, 0.2) is 24.3 Å². The number of rotatable bonds is 2. The first kappa shape index (κ1) is 13.9. The van der Waals surface area contributed by atoms with E-state index in [0.29, 0.717) is 21.3 Å². The fraction of sp³-hybridized carbons (Fsp3) is 0.273. The van der Waals surface area contributed by atoms with Crippen molar-refractivity contribution in [1.29, 1.82) is 0 Å². The number of hydrogen-bond donors (Lipinski definition) is 0. The summed E-state index contributed by atoms with van der Waals surface area (Å²) < 4.78 is -0.906. The second-order valence-electron chi connectivity index (χ2n) is 3.71. The predicted molar refractivity (Wildman–Crippen MR) is 74.3 cm³/mol. The minimum atomic E-state index is -1.54. The van der Waals surface area contributed by atoms with E-state index in [2.05, 4.69) is 4.98 Å². The topological polar surface area (TPSA) is 39.8 Å². The highest BCUT2D eigenvalue weighted by atomic mass is 35.6. The third-order valence-corrected chi connectivity index (χ3v) is 3.07. The van der Waals surface area contributed by atoms with Gasteiger partial charge in [0.25, 0.3) is 0 Å². The molecule has 2 aromatic rings. The highest BCUT2D eigenvalue weighted by molar-refractivity contribution is 6.67. The number of para-hydroxylation sites is 1. The van der Waals surface area contributed by atoms with E-state index in [1.54, 1.807) is 18.2 Å². The zero-order chi connectivity index (χ0) is 13.3. The number of benzene rings is 1. The summed E-state index contributed by atoms with van der Waals surface area (Å²) in [7, 11) is 0. The molecule has 0 atom stereocenters. The molecule has 1 aromatic heterocycles. The van der Waals surface area contributed by atoms with Crippen molar-refractivity contribution in [2.45, 2.75) is 16.1 Å². The molecule has 0 saturated carbocycles. The molecule has 7 heteroatoms. The van der Waals surface area contributed by atoms with Gasteiger partial charge in [-0.15, -0.1) is 11.6 Å².